The molecular weight excluding hydrogens is 319 g/mol. The Morgan fingerprint density at radius 1 is 1.43 bits per heavy atom. The quantitative estimate of drug-likeness (QED) is 0.741. The predicted octanol–water partition coefficient (Wildman–Crippen LogP) is 2.22. The van der Waals surface area contributed by atoms with E-state index in [9.17, 15) is 9.18 Å². The Balaban J connectivity index is 1.75. The molecule has 1 amide bonds. The average Bonchev–Trinajstić information content (AvgIpc) is 3.19. The molecule has 2 heterocycles. The lowest BCUT2D eigenvalue weighted by Crippen LogP contribution is -2.10. The molecule has 9 heteroatoms. The number of carbonyl (C=O) groups is 1. The van der Waals surface area contributed by atoms with Crippen molar-refractivity contribution >= 4 is 29.0 Å². The van der Waals surface area contributed by atoms with Crippen molar-refractivity contribution in [2.24, 2.45) is 0 Å². The van der Waals surface area contributed by atoms with Crippen molar-refractivity contribution in [3.05, 3.63) is 52.5 Å². The fourth-order valence-corrected chi connectivity index (χ4v) is 2.40. The summed E-state index contributed by atoms with van der Waals surface area (Å²) in [7, 11) is 0. The molecule has 0 unspecified atom stereocenters. The van der Waals surface area contributed by atoms with Crippen LogP contribution in [0.2, 0.25) is 0 Å². The average molecular weight is 330 g/mol. The monoisotopic (exact) mass is 330 g/mol. The van der Waals surface area contributed by atoms with Crippen LogP contribution in [0, 0.1) is 12.7 Å². The molecule has 3 aromatic rings. The third kappa shape index (κ3) is 3.64. The van der Waals surface area contributed by atoms with Crippen LogP contribution in [0.25, 0.3) is 11.8 Å². The zero-order valence-electron chi connectivity index (χ0n) is 12.0. The minimum Gasteiger partial charge on any atom is -0.320 e. The van der Waals surface area contributed by atoms with E-state index < -0.39 is 11.7 Å². The SMILES string of the molecule is Cc1nc(/C=C/C(=O)Nc2cc(-n3cnnn3)ccc2F)cs1. The standard InChI is InChI=1S/C14H11FN6OS/c1-9-17-10(7-23-9)2-5-14(22)18-13-6-11(3-4-12(13)15)21-8-16-19-20-21/h2-8H,1H3,(H,18,22)/b5-2+. The van der Waals surface area contributed by atoms with Gasteiger partial charge in [-0.3, -0.25) is 4.79 Å². The fourth-order valence-electron chi connectivity index (χ4n) is 1.82. The van der Waals surface area contributed by atoms with Crippen LogP contribution in [0.3, 0.4) is 0 Å². The third-order valence-corrected chi connectivity index (χ3v) is 3.66. The molecule has 0 spiro atoms. The molecule has 0 aliphatic rings. The molecule has 0 radical (unpaired) electrons. The molecule has 0 fully saturated rings. The van der Waals surface area contributed by atoms with Gasteiger partial charge in [-0.05, 0) is 41.6 Å². The fraction of sp³-hybridized carbons (Fsp3) is 0.0714. The van der Waals surface area contributed by atoms with Gasteiger partial charge in [-0.25, -0.2) is 14.1 Å². The number of benzene rings is 1. The first-order valence-corrected chi connectivity index (χ1v) is 7.44. The molecule has 0 bridgehead atoms. The van der Waals surface area contributed by atoms with Crippen molar-refractivity contribution in [3.63, 3.8) is 0 Å². The van der Waals surface area contributed by atoms with Gasteiger partial charge in [0.25, 0.3) is 0 Å². The maximum absolute atomic E-state index is 13.8. The van der Waals surface area contributed by atoms with Gasteiger partial charge in [0.2, 0.25) is 5.91 Å². The van der Waals surface area contributed by atoms with Gasteiger partial charge in [-0.2, -0.15) is 0 Å². The largest absolute Gasteiger partial charge is 0.320 e. The molecule has 0 aliphatic carbocycles. The minimum atomic E-state index is -0.548. The first kappa shape index (κ1) is 15.0. The number of hydrogen-bond acceptors (Lipinski definition) is 6. The number of anilines is 1. The van der Waals surface area contributed by atoms with Crippen molar-refractivity contribution in [1.29, 1.82) is 0 Å². The Labute approximate surface area is 134 Å². The molecule has 0 atom stereocenters. The molecule has 2 aromatic heterocycles. The molecule has 3 rings (SSSR count). The maximum atomic E-state index is 13.8. The maximum Gasteiger partial charge on any atom is 0.248 e. The lowest BCUT2D eigenvalue weighted by Gasteiger charge is -2.06. The van der Waals surface area contributed by atoms with Crippen LogP contribution in [-0.2, 0) is 4.79 Å². The summed E-state index contributed by atoms with van der Waals surface area (Å²) in [6.07, 6.45) is 4.25. The highest BCUT2D eigenvalue weighted by Gasteiger charge is 2.08. The van der Waals surface area contributed by atoms with Crippen LogP contribution >= 0.6 is 11.3 Å². The Bertz CT molecular complexity index is 858. The molecule has 116 valence electrons. The Kier molecular flexibility index (Phi) is 4.20. The highest BCUT2D eigenvalue weighted by atomic mass is 32.1. The molecule has 1 aromatic carbocycles. The van der Waals surface area contributed by atoms with E-state index in [0.717, 1.165) is 5.01 Å². The number of aryl methyl sites for hydroxylation is 1. The number of halogens is 1. The number of aromatic nitrogens is 5. The second-order valence-corrected chi connectivity index (χ2v) is 5.59. The van der Waals surface area contributed by atoms with Crippen LogP contribution in [0.4, 0.5) is 10.1 Å². The van der Waals surface area contributed by atoms with E-state index in [2.05, 4.69) is 25.8 Å². The first-order chi connectivity index (χ1) is 11.1. The Hall–Kier alpha value is -2.94. The number of thiazole rings is 1. The van der Waals surface area contributed by atoms with Crippen molar-refractivity contribution in [2.75, 3.05) is 5.32 Å². The van der Waals surface area contributed by atoms with Crippen molar-refractivity contribution in [1.82, 2.24) is 25.2 Å². The summed E-state index contributed by atoms with van der Waals surface area (Å²) < 4.78 is 15.2. The van der Waals surface area contributed by atoms with Crippen LogP contribution in [-0.4, -0.2) is 31.1 Å². The molecule has 1 N–H and O–H groups in total. The number of nitrogens with one attached hydrogen (secondary N) is 1. The van der Waals surface area contributed by atoms with E-state index in [1.807, 2.05) is 12.3 Å². The van der Waals surface area contributed by atoms with Gasteiger partial charge in [0.1, 0.15) is 12.1 Å². The van der Waals surface area contributed by atoms with Crippen LogP contribution in [0.1, 0.15) is 10.7 Å². The summed E-state index contributed by atoms with van der Waals surface area (Å²) in [5, 5.41) is 16.0. The topological polar surface area (TPSA) is 85.6 Å². The molecule has 7 nitrogen and oxygen atoms in total. The highest BCUT2D eigenvalue weighted by molar-refractivity contribution is 7.09. The Morgan fingerprint density at radius 2 is 2.30 bits per heavy atom. The van der Waals surface area contributed by atoms with E-state index in [4.69, 9.17) is 0 Å². The van der Waals surface area contributed by atoms with Crippen molar-refractivity contribution in [3.8, 4) is 5.69 Å². The Morgan fingerprint density at radius 3 is 3.00 bits per heavy atom. The summed E-state index contributed by atoms with van der Waals surface area (Å²) in [4.78, 5) is 16.1. The van der Waals surface area contributed by atoms with Gasteiger partial charge < -0.3 is 5.32 Å². The van der Waals surface area contributed by atoms with Crippen molar-refractivity contribution in [2.45, 2.75) is 6.92 Å². The molecule has 23 heavy (non-hydrogen) atoms. The number of rotatable bonds is 4. The summed E-state index contributed by atoms with van der Waals surface area (Å²) in [5.41, 5.74) is 1.26. The molecule has 0 saturated carbocycles. The third-order valence-electron chi connectivity index (χ3n) is 2.86. The second kappa shape index (κ2) is 6.44. The second-order valence-electron chi connectivity index (χ2n) is 4.53. The summed E-state index contributed by atoms with van der Waals surface area (Å²) in [6, 6.07) is 4.19. The van der Waals surface area contributed by atoms with E-state index in [1.54, 1.807) is 6.08 Å². The van der Waals surface area contributed by atoms with Crippen LogP contribution < -0.4 is 5.32 Å². The number of tetrazole rings is 1. The van der Waals surface area contributed by atoms with E-state index in [-0.39, 0.29) is 5.69 Å². The normalized spacial score (nSPS) is 11.0. The van der Waals surface area contributed by atoms with Crippen LogP contribution in [0.5, 0.6) is 0 Å². The zero-order chi connectivity index (χ0) is 16.2. The lowest BCUT2D eigenvalue weighted by atomic mass is 10.2. The number of hydrogen-bond donors (Lipinski definition) is 1. The summed E-state index contributed by atoms with van der Waals surface area (Å²) >= 11 is 1.49. The van der Waals surface area contributed by atoms with E-state index in [0.29, 0.717) is 11.4 Å². The van der Waals surface area contributed by atoms with Crippen LogP contribution in [0.15, 0.2) is 36.0 Å². The molecule has 0 saturated heterocycles. The van der Waals surface area contributed by atoms with E-state index >= 15 is 0 Å². The first-order valence-electron chi connectivity index (χ1n) is 6.56. The minimum absolute atomic E-state index is 0.0436. The van der Waals surface area contributed by atoms with Gasteiger partial charge in [0.05, 0.1) is 22.1 Å². The highest BCUT2D eigenvalue weighted by Crippen LogP contribution is 2.18. The lowest BCUT2D eigenvalue weighted by molar-refractivity contribution is -0.111. The van der Waals surface area contributed by atoms with Gasteiger partial charge in [-0.15, -0.1) is 16.4 Å². The number of amides is 1. The van der Waals surface area contributed by atoms with Gasteiger partial charge in [-0.1, -0.05) is 0 Å². The van der Waals surface area contributed by atoms with Gasteiger partial charge in [0, 0.05) is 11.5 Å². The number of carbonyl (C=O) groups excluding carboxylic acids is 1. The van der Waals surface area contributed by atoms with E-state index in [1.165, 1.54) is 46.6 Å². The molecule has 0 aliphatic heterocycles. The zero-order valence-corrected chi connectivity index (χ0v) is 12.8. The number of nitrogens with zero attached hydrogens (tertiary/aromatic N) is 5. The summed E-state index contributed by atoms with van der Waals surface area (Å²) in [5.74, 6) is -1.00. The van der Waals surface area contributed by atoms with Crippen molar-refractivity contribution < 1.29 is 9.18 Å². The predicted molar refractivity (Wildman–Crippen MR) is 83.6 cm³/mol. The summed E-state index contributed by atoms with van der Waals surface area (Å²) in [6.45, 7) is 1.88. The van der Waals surface area contributed by atoms with Gasteiger partial charge in [0.15, 0.2) is 0 Å². The molecular formula is C14H11FN6OS. The smallest absolute Gasteiger partial charge is 0.248 e. The van der Waals surface area contributed by atoms with Gasteiger partial charge >= 0.3 is 0 Å².